The first kappa shape index (κ1) is 13.7. The minimum absolute atomic E-state index is 0.106. The van der Waals surface area contributed by atoms with Crippen LogP contribution in [0.15, 0.2) is 40.8 Å². The standard InChI is InChI=1S/C17H17NO3/c19-13-4-3-6-15(20)12(8-10-13)9-11-17-18-14-5-1-2-7-16(14)21-17/h1-2,5,7-8,10,12H,3-4,6,9,11H2/b10-8-. The number of rotatable bonds is 3. The third kappa shape index (κ3) is 3.27. The Morgan fingerprint density at radius 3 is 2.90 bits per heavy atom. The van der Waals surface area contributed by atoms with E-state index >= 15 is 0 Å². The predicted octanol–water partition coefficient (Wildman–Crippen LogP) is 3.25. The van der Waals surface area contributed by atoms with E-state index in [2.05, 4.69) is 4.98 Å². The second-order valence-electron chi connectivity index (χ2n) is 5.37. The number of hydrogen-bond acceptors (Lipinski definition) is 4. The third-order valence-corrected chi connectivity index (χ3v) is 3.78. The number of ketones is 2. The van der Waals surface area contributed by atoms with E-state index in [-0.39, 0.29) is 17.5 Å². The Hall–Kier alpha value is -2.23. The maximum absolute atomic E-state index is 12.1. The van der Waals surface area contributed by atoms with Gasteiger partial charge in [0.15, 0.2) is 17.3 Å². The number of Topliss-reactive ketones (excluding diaryl/α,β-unsaturated/α-hetero) is 1. The number of aromatic nitrogens is 1. The molecule has 0 aliphatic heterocycles. The smallest absolute Gasteiger partial charge is 0.195 e. The van der Waals surface area contributed by atoms with E-state index in [9.17, 15) is 9.59 Å². The van der Waals surface area contributed by atoms with E-state index in [1.54, 1.807) is 12.2 Å². The van der Waals surface area contributed by atoms with Gasteiger partial charge in [0.25, 0.3) is 0 Å². The molecule has 1 atom stereocenters. The van der Waals surface area contributed by atoms with Crippen LogP contribution < -0.4 is 0 Å². The molecule has 1 unspecified atom stereocenters. The molecular weight excluding hydrogens is 266 g/mol. The topological polar surface area (TPSA) is 60.2 Å². The monoisotopic (exact) mass is 283 g/mol. The van der Waals surface area contributed by atoms with Crippen molar-refractivity contribution in [3.8, 4) is 0 Å². The lowest BCUT2D eigenvalue weighted by molar-refractivity contribution is -0.122. The predicted molar refractivity (Wildman–Crippen MR) is 78.8 cm³/mol. The number of oxazole rings is 1. The zero-order chi connectivity index (χ0) is 14.7. The van der Waals surface area contributed by atoms with Crippen LogP contribution in [0, 0.1) is 5.92 Å². The minimum atomic E-state index is -0.204. The Labute approximate surface area is 122 Å². The van der Waals surface area contributed by atoms with Crippen molar-refractivity contribution in [3.63, 3.8) is 0 Å². The maximum atomic E-state index is 12.1. The summed E-state index contributed by atoms with van der Waals surface area (Å²) in [4.78, 5) is 27.9. The van der Waals surface area contributed by atoms with E-state index in [0.29, 0.717) is 38.0 Å². The molecule has 0 N–H and O–H groups in total. The van der Waals surface area contributed by atoms with Crippen LogP contribution in [0.2, 0.25) is 0 Å². The summed E-state index contributed by atoms with van der Waals surface area (Å²) in [5.74, 6) is 0.749. The lowest BCUT2D eigenvalue weighted by Crippen LogP contribution is -2.16. The van der Waals surface area contributed by atoms with Crippen LogP contribution in [-0.4, -0.2) is 16.6 Å². The van der Waals surface area contributed by atoms with Gasteiger partial charge in [0.2, 0.25) is 0 Å². The van der Waals surface area contributed by atoms with Crippen molar-refractivity contribution in [2.24, 2.45) is 5.92 Å². The summed E-state index contributed by atoms with van der Waals surface area (Å²) in [6.07, 6.45) is 6.13. The summed E-state index contributed by atoms with van der Waals surface area (Å²) in [6.45, 7) is 0. The van der Waals surface area contributed by atoms with Crippen molar-refractivity contribution < 1.29 is 14.0 Å². The van der Waals surface area contributed by atoms with Gasteiger partial charge in [0.05, 0.1) is 0 Å². The molecule has 1 aromatic heterocycles. The van der Waals surface area contributed by atoms with Gasteiger partial charge in [-0.3, -0.25) is 9.59 Å². The van der Waals surface area contributed by atoms with E-state index in [0.717, 1.165) is 11.1 Å². The zero-order valence-electron chi connectivity index (χ0n) is 11.7. The van der Waals surface area contributed by atoms with Gasteiger partial charge < -0.3 is 4.42 Å². The number of benzene rings is 1. The first-order valence-electron chi connectivity index (χ1n) is 7.30. The molecule has 1 heterocycles. The molecule has 0 spiro atoms. The van der Waals surface area contributed by atoms with E-state index in [1.165, 1.54) is 0 Å². The highest BCUT2D eigenvalue weighted by atomic mass is 16.3. The van der Waals surface area contributed by atoms with Gasteiger partial charge in [-0.1, -0.05) is 18.2 Å². The molecule has 2 aromatic rings. The van der Waals surface area contributed by atoms with Crippen molar-refractivity contribution >= 4 is 22.7 Å². The molecule has 4 nitrogen and oxygen atoms in total. The lowest BCUT2D eigenvalue weighted by Gasteiger charge is -2.12. The molecular formula is C17H17NO3. The summed E-state index contributed by atoms with van der Waals surface area (Å²) in [7, 11) is 0. The summed E-state index contributed by atoms with van der Waals surface area (Å²) in [5.41, 5.74) is 1.60. The van der Waals surface area contributed by atoms with Crippen LogP contribution in [0.1, 0.15) is 31.6 Å². The summed E-state index contributed by atoms with van der Waals surface area (Å²) in [6, 6.07) is 7.61. The highest BCUT2D eigenvalue weighted by Gasteiger charge is 2.19. The fourth-order valence-electron chi connectivity index (χ4n) is 2.60. The number of nitrogens with zero attached hydrogens (tertiary/aromatic N) is 1. The highest BCUT2D eigenvalue weighted by Crippen LogP contribution is 2.20. The average molecular weight is 283 g/mol. The Kier molecular flexibility index (Phi) is 3.95. The van der Waals surface area contributed by atoms with Gasteiger partial charge in [-0.05, 0) is 31.1 Å². The van der Waals surface area contributed by atoms with Crippen LogP contribution in [0.25, 0.3) is 11.1 Å². The quantitative estimate of drug-likeness (QED) is 0.867. The molecule has 108 valence electrons. The molecule has 0 bridgehead atoms. The van der Waals surface area contributed by atoms with Gasteiger partial charge in [0.1, 0.15) is 11.3 Å². The molecule has 0 radical (unpaired) electrons. The van der Waals surface area contributed by atoms with Crippen LogP contribution in [0.4, 0.5) is 0 Å². The fourth-order valence-corrected chi connectivity index (χ4v) is 2.60. The molecule has 0 amide bonds. The fraction of sp³-hybridized carbons (Fsp3) is 0.353. The number of allylic oxidation sites excluding steroid dienone is 2. The molecule has 4 heteroatoms. The molecule has 0 saturated carbocycles. The maximum Gasteiger partial charge on any atom is 0.195 e. The van der Waals surface area contributed by atoms with Gasteiger partial charge in [-0.25, -0.2) is 4.98 Å². The lowest BCUT2D eigenvalue weighted by atomic mass is 9.91. The molecule has 1 aliphatic carbocycles. The molecule has 21 heavy (non-hydrogen) atoms. The molecule has 3 rings (SSSR count). The SMILES string of the molecule is O=C1/C=C\C(CCc2nc3ccccc3o2)C(=O)CCC1. The third-order valence-electron chi connectivity index (χ3n) is 3.78. The largest absolute Gasteiger partial charge is 0.441 e. The second-order valence-corrected chi connectivity index (χ2v) is 5.37. The highest BCUT2D eigenvalue weighted by molar-refractivity contribution is 5.93. The normalized spacial score (nSPS) is 21.2. The van der Waals surface area contributed by atoms with Crippen molar-refractivity contribution in [1.82, 2.24) is 4.98 Å². The summed E-state index contributed by atoms with van der Waals surface area (Å²) < 4.78 is 5.66. The van der Waals surface area contributed by atoms with E-state index in [1.807, 2.05) is 24.3 Å². The number of fused-ring (bicyclic) bond motifs is 1. The number of para-hydroxylation sites is 2. The van der Waals surface area contributed by atoms with Crippen molar-refractivity contribution in [2.45, 2.75) is 32.1 Å². The number of aryl methyl sites for hydroxylation is 1. The van der Waals surface area contributed by atoms with Gasteiger partial charge in [0, 0.05) is 25.2 Å². The van der Waals surface area contributed by atoms with Gasteiger partial charge >= 0.3 is 0 Å². The van der Waals surface area contributed by atoms with Crippen LogP contribution in [0.3, 0.4) is 0 Å². The van der Waals surface area contributed by atoms with E-state index < -0.39 is 0 Å². The molecule has 1 aliphatic rings. The molecule has 0 fully saturated rings. The first-order valence-corrected chi connectivity index (χ1v) is 7.30. The second kappa shape index (κ2) is 6.04. The minimum Gasteiger partial charge on any atom is -0.441 e. The van der Waals surface area contributed by atoms with Crippen molar-refractivity contribution in [2.75, 3.05) is 0 Å². The van der Waals surface area contributed by atoms with Crippen LogP contribution >= 0.6 is 0 Å². The molecule has 0 saturated heterocycles. The number of hydrogen-bond donors (Lipinski definition) is 0. The zero-order valence-corrected chi connectivity index (χ0v) is 11.7. The average Bonchev–Trinajstić information content (AvgIpc) is 2.88. The first-order chi connectivity index (χ1) is 10.2. The van der Waals surface area contributed by atoms with Crippen LogP contribution in [-0.2, 0) is 16.0 Å². The number of carbonyl (C=O) groups excluding carboxylic acids is 2. The van der Waals surface area contributed by atoms with Gasteiger partial charge in [-0.2, -0.15) is 0 Å². The van der Waals surface area contributed by atoms with Crippen molar-refractivity contribution in [3.05, 3.63) is 42.3 Å². The van der Waals surface area contributed by atoms with Gasteiger partial charge in [-0.15, -0.1) is 0 Å². The Morgan fingerprint density at radius 2 is 2.05 bits per heavy atom. The Balaban J connectivity index is 1.70. The molecule has 1 aromatic carbocycles. The Bertz CT molecular complexity index is 666. The summed E-state index contributed by atoms with van der Waals surface area (Å²) >= 11 is 0. The van der Waals surface area contributed by atoms with Crippen molar-refractivity contribution in [1.29, 1.82) is 0 Å². The van der Waals surface area contributed by atoms with E-state index in [4.69, 9.17) is 4.42 Å². The van der Waals surface area contributed by atoms with Crippen LogP contribution in [0.5, 0.6) is 0 Å². The number of carbonyl (C=O) groups is 2. The summed E-state index contributed by atoms with van der Waals surface area (Å²) in [5, 5.41) is 0. The Morgan fingerprint density at radius 1 is 1.19 bits per heavy atom.